The van der Waals surface area contributed by atoms with Crippen LogP contribution in [-0.2, 0) is 11.2 Å². The summed E-state index contributed by atoms with van der Waals surface area (Å²) in [6.07, 6.45) is 9.34. The van der Waals surface area contributed by atoms with Gasteiger partial charge in [-0.15, -0.1) is 0 Å². The van der Waals surface area contributed by atoms with Crippen molar-refractivity contribution in [1.29, 1.82) is 0 Å². The molecule has 2 unspecified atom stereocenters. The van der Waals surface area contributed by atoms with Crippen molar-refractivity contribution in [3.8, 4) is 5.75 Å². The van der Waals surface area contributed by atoms with Gasteiger partial charge in [0, 0.05) is 23.7 Å². The lowest BCUT2D eigenvalue weighted by atomic mass is 9.59. The summed E-state index contributed by atoms with van der Waals surface area (Å²) in [4.78, 5) is 13.3. The molecule has 2 fully saturated rings. The lowest BCUT2D eigenvalue weighted by molar-refractivity contribution is -0.129. The number of rotatable bonds is 3. The highest BCUT2D eigenvalue weighted by Gasteiger charge is 2.45. The molecule has 2 N–H and O–H groups in total. The van der Waals surface area contributed by atoms with Crippen molar-refractivity contribution in [2.45, 2.75) is 65.2 Å². The number of aryl methyl sites for hydroxylation is 1. The van der Waals surface area contributed by atoms with E-state index in [1.807, 2.05) is 0 Å². The Morgan fingerprint density at radius 3 is 2.63 bits per heavy atom. The molecular formula is C23H34N2O2. The van der Waals surface area contributed by atoms with E-state index in [-0.39, 0.29) is 11.3 Å². The molecule has 3 aliphatic rings. The molecule has 0 saturated heterocycles. The average Bonchev–Trinajstić information content (AvgIpc) is 2.84. The van der Waals surface area contributed by atoms with Crippen LogP contribution in [0.4, 0.5) is 11.4 Å². The Morgan fingerprint density at radius 1 is 1.19 bits per heavy atom. The number of carbonyl (C=O) groups excluding carboxylic acids is 1. The van der Waals surface area contributed by atoms with Gasteiger partial charge in [-0.3, -0.25) is 4.79 Å². The number of nitrogens with one attached hydrogen (secondary N) is 2. The van der Waals surface area contributed by atoms with Gasteiger partial charge in [-0.25, -0.2) is 0 Å². The maximum atomic E-state index is 13.3. The Hall–Kier alpha value is -1.71. The molecule has 0 spiro atoms. The van der Waals surface area contributed by atoms with E-state index in [9.17, 15) is 4.79 Å². The summed E-state index contributed by atoms with van der Waals surface area (Å²) >= 11 is 0. The predicted octanol–water partition coefficient (Wildman–Crippen LogP) is 5.23. The van der Waals surface area contributed by atoms with Crippen molar-refractivity contribution in [3.05, 3.63) is 17.7 Å². The first-order valence-electron chi connectivity index (χ1n) is 10.7. The van der Waals surface area contributed by atoms with Crippen molar-refractivity contribution in [2.75, 3.05) is 24.3 Å². The van der Waals surface area contributed by atoms with Crippen molar-refractivity contribution in [3.63, 3.8) is 0 Å². The second-order valence-corrected chi connectivity index (χ2v) is 9.56. The largest absolute Gasteiger partial charge is 0.494 e. The third-order valence-electron chi connectivity index (χ3n) is 7.03. The molecule has 2 aliphatic carbocycles. The lowest BCUT2D eigenvalue weighted by Gasteiger charge is -2.46. The van der Waals surface area contributed by atoms with Crippen molar-refractivity contribution >= 4 is 17.3 Å². The van der Waals surface area contributed by atoms with Crippen LogP contribution >= 0.6 is 0 Å². The topological polar surface area (TPSA) is 50.4 Å². The first-order chi connectivity index (χ1) is 13.0. The van der Waals surface area contributed by atoms with E-state index in [0.717, 1.165) is 48.8 Å². The molecule has 1 aromatic rings. The zero-order valence-corrected chi connectivity index (χ0v) is 17.1. The fourth-order valence-corrected chi connectivity index (χ4v) is 5.97. The van der Waals surface area contributed by atoms with Crippen LogP contribution < -0.4 is 15.4 Å². The van der Waals surface area contributed by atoms with Crippen LogP contribution in [0.1, 0.15) is 64.4 Å². The number of anilines is 2. The van der Waals surface area contributed by atoms with Gasteiger partial charge in [0.25, 0.3) is 0 Å². The zero-order valence-electron chi connectivity index (χ0n) is 17.1. The van der Waals surface area contributed by atoms with Gasteiger partial charge in [-0.1, -0.05) is 13.8 Å². The molecule has 4 nitrogen and oxygen atoms in total. The number of methoxy groups -OCH3 is 1. The van der Waals surface area contributed by atoms with Gasteiger partial charge in [0.1, 0.15) is 5.75 Å². The minimum atomic E-state index is -0.260. The SMILES string of the molecule is COc1cc2c(cc1NC(=O)C1(C)C[C@@H]3CC(C)C[C@@H](C3)C1)CCCCN2. The van der Waals surface area contributed by atoms with Crippen molar-refractivity contribution in [1.82, 2.24) is 0 Å². The maximum Gasteiger partial charge on any atom is 0.230 e. The highest BCUT2D eigenvalue weighted by molar-refractivity contribution is 5.97. The highest BCUT2D eigenvalue weighted by Crippen LogP contribution is 2.50. The Labute approximate surface area is 163 Å². The maximum absolute atomic E-state index is 13.3. The molecule has 2 bridgehead atoms. The minimum Gasteiger partial charge on any atom is -0.494 e. The van der Waals surface area contributed by atoms with Crippen LogP contribution in [0.2, 0.25) is 0 Å². The van der Waals surface area contributed by atoms with E-state index in [4.69, 9.17) is 4.74 Å². The van der Waals surface area contributed by atoms with Gasteiger partial charge in [0.15, 0.2) is 0 Å². The smallest absolute Gasteiger partial charge is 0.230 e. The summed E-state index contributed by atoms with van der Waals surface area (Å²) < 4.78 is 5.61. The number of carbonyl (C=O) groups is 1. The minimum absolute atomic E-state index is 0.173. The molecule has 1 amide bonds. The first kappa shape index (κ1) is 18.6. The monoisotopic (exact) mass is 370 g/mol. The Morgan fingerprint density at radius 2 is 1.93 bits per heavy atom. The van der Waals surface area contributed by atoms with Crippen LogP contribution in [0, 0.1) is 23.2 Å². The zero-order chi connectivity index (χ0) is 19.0. The van der Waals surface area contributed by atoms with Crippen molar-refractivity contribution in [2.24, 2.45) is 23.2 Å². The average molecular weight is 371 g/mol. The standard InChI is InChI=1S/C23H34N2O2/c1-15-8-16-10-17(9-15)14-23(2,13-16)22(26)25-20-11-18-6-4-5-7-24-19(18)12-21(20)27-3/h11-12,15-17,24H,4-10,13-14H2,1-3H3,(H,25,26)/t15?,16-,17+,23?. The third-order valence-corrected chi connectivity index (χ3v) is 7.03. The molecule has 4 heteroatoms. The van der Waals surface area contributed by atoms with Crippen LogP contribution in [-0.4, -0.2) is 19.6 Å². The summed E-state index contributed by atoms with van der Waals surface area (Å²) in [5.74, 6) is 3.16. The van der Waals surface area contributed by atoms with Gasteiger partial charge in [0.2, 0.25) is 5.91 Å². The number of amides is 1. The normalized spacial score (nSPS) is 32.6. The molecular weight excluding hydrogens is 336 g/mol. The lowest BCUT2D eigenvalue weighted by Crippen LogP contribution is -2.43. The Kier molecular flexibility index (Phi) is 5.09. The van der Waals surface area contributed by atoms with Crippen LogP contribution in [0.5, 0.6) is 5.75 Å². The van der Waals surface area contributed by atoms with E-state index in [1.54, 1.807) is 7.11 Å². The molecule has 0 aromatic heterocycles. The van der Waals surface area contributed by atoms with Crippen LogP contribution in [0.15, 0.2) is 12.1 Å². The van der Waals surface area contributed by atoms with Gasteiger partial charge < -0.3 is 15.4 Å². The molecule has 1 aliphatic heterocycles. The Bertz CT molecular complexity index is 697. The fourth-order valence-electron chi connectivity index (χ4n) is 5.97. The second-order valence-electron chi connectivity index (χ2n) is 9.56. The molecule has 2 saturated carbocycles. The molecule has 4 atom stereocenters. The van der Waals surface area contributed by atoms with Crippen LogP contribution in [0.25, 0.3) is 0 Å². The molecule has 1 heterocycles. The molecule has 1 aromatic carbocycles. The van der Waals surface area contributed by atoms with Gasteiger partial charge in [-0.2, -0.15) is 0 Å². The second kappa shape index (κ2) is 7.37. The molecule has 0 radical (unpaired) electrons. The summed E-state index contributed by atoms with van der Waals surface area (Å²) in [6.45, 7) is 5.55. The summed E-state index contributed by atoms with van der Waals surface area (Å²) in [5, 5.41) is 6.74. The predicted molar refractivity (Wildman–Crippen MR) is 110 cm³/mol. The van der Waals surface area contributed by atoms with Gasteiger partial charge >= 0.3 is 0 Å². The van der Waals surface area contributed by atoms with Crippen molar-refractivity contribution < 1.29 is 9.53 Å². The number of hydrogen-bond donors (Lipinski definition) is 2. The van der Waals surface area contributed by atoms with E-state index >= 15 is 0 Å². The van der Waals surface area contributed by atoms with E-state index in [2.05, 4.69) is 36.6 Å². The molecule has 148 valence electrons. The number of fused-ring (bicyclic) bond motifs is 3. The first-order valence-corrected chi connectivity index (χ1v) is 10.7. The quantitative estimate of drug-likeness (QED) is 0.765. The van der Waals surface area contributed by atoms with E-state index < -0.39 is 0 Å². The summed E-state index contributed by atoms with van der Waals surface area (Å²) in [6, 6.07) is 4.18. The fraction of sp³-hybridized carbons (Fsp3) is 0.696. The van der Waals surface area contributed by atoms with Crippen LogP contribution in [0.3, 0.4) is 0 Å². The summed E-state index contributed by atoms with van der Waals surface area (Å²) in [5.41, 5.74) is 3.00. The molecule has 4 rings (SSSR count). The van der Waals surface area contributed by atoms with Gasteiger partial charge in [0.05, 0.1) is 12.8 Å². The van der Waals surface area contributed by atoms with E-state index in [0.29, 0.717) is 11.8 Å². The number of ether oxygens (including phenoxy) is 1. The number of benzene rings is 1. The summed E-state index contributed by atoms with van der Waals surface area (Å²) in [7, 11) is 1.68. The highest BCUT2D eigenvalue weighted by atomic mass is 16.5. The Balaban J connectivity index is 1.55. The number of hydrogen-bond acceptors (Lipinski definition) is 3. The molecule has 27 heavy (non-hydrogen) atoms. The van der Waals surface area contributed by atoms with E-state index in [1.165, 1.54) is 37.7 Å². The third kappa shape index (κ3) is 3.81. The van der Waals surface area contributed by atoms with Gasteiger partial charge in [-0.05, 0) is 80.8 Å².